The van der Waals surface area contributed by atoms with Crippen molar-refractivity contribution in [2.45, 2.75) is 64.2 Å². The molecule has 6 heteroatoms. The predicted molar refractivity (Wildman–Crippen MR) is 117 cm³/mol. The molecule has 0 aromatic carbocycles. The highest BCUT2D eigenvalue weighted by atomic mass is 16.2. The standard InChI is InChI=1S/C23H39N5O/c1-18(2)26-13-9-20(10-14-26)27-11-4-12-28(16-15-27)22-6-3-5-21(25-22)23(29)24-17-19-7-8-19/h3,5-6,18-20,22,25H,4,7-17H2,1-2H3,(H,24,29). The van der Waals surface area contributed by atoms with Crippen molar-refractivity contribution in [1.82, 2.24) is 25.3 Å². The van der Waals surface area contributed by atoms with Gasteiger partial charge in [0.25, 0.3) is 5.91 Å². The second kappa shape index (κ2) is 9.63. The van der Waals surface area contributed by atoms with Crippen molar-refractivity contribution in [2.75, 3.05) is 45.8 Å². The van der Waals surface area contributed by atoms with Crippen LogP contribution in [0.25, 0.3) is 0 Å². The van der Waals surface area contributed by atoms with Gasteiger partial charge in [-0.05, 0) is 83.7 Å². The second-order valence-corrected chi connectivity index (χ2v) is 9.49. The van der Waals surface area contributed by atoms with Gasteiger partial charge in [-0.3, -0.25) is 14.6 Å². The van der Waals surface area contributed by atoms with Crippen LogP contribution >= 0.6 is 0 Å². The number of amides is 1. The van der Waals surface area contributed by atoms with Crippen LogP contribution in [-0.2, 0) is 4.79 Å². The van der Waals surface area contributed by atoms with E-state index in [1.165, 1.54) is 51.7 Å². The summed E-state index contributed by atoms with van der Waals surface area (Å²) in [4.78, 5) is 20.3. The fourth-order valence-corrected chi connectivity index (χ4v) is 4.89. The molecule has 0 aromatic rings. The van der Waals surface area contributed by atoms with Crippen LogP contribution in [0.15, 0.2) is 23.9 Å². The Labute approximate surface area is 176 Å². The summed E-state index contributed by atoms with van der Waals surface area (Å²) in [6, 6.07) is 1.41. The number of nitrogens with zero attached hydrogens (tertiary/aromatic N) is 3. The third-order valence-corrected chi connectivity index (χ3v) is 7.06. The van der Waals surface area contributed by atoms with Crippen LogP contribution < -0.4 is 10.6 Å². The molecule has 3 aliphatic heterocycles. The molecule has 1 saturated carbocycles. The predicted octanol–water partition coefficient (Wildman–Crippen LogP) is 1.76. The summed E-state index contributed by atoms with van der Waals surface area (Å²) in [5.74, 6) is 0.748. The minimum atomic E-state index is 0.0413. The number of likely N-dealkylation sites (tertiary alicyclic amines) is 1. The molecule has 1 atom stereocenters. The molecular formula is C23H39N5O. The smallest absolute Gasteiger partial charge is 0.267 e. The van der Waals surface area contributed by atoms with Gasteiger partial charge in [0, 0.05) is 38.3 Å². The molecule has 1 unspecified atom stereocenters. The summed E-state index contributed by atoms with van der Waals surface area (Å²) in [7, 11) is 0. The third-order valence-electron chi connectivity index (χ3n) is 7.06. The minimum absolute atomic E-state index is 0.0413. The molecule has 2 N–H and O–H groups in total. The molecule has 162 valence electrons. The van der Waals surface area contributed by atoms with E-state index in [-0.39, 0.29) is 12.1 Å². The van der Waals surface area contributed by atoms with Crippen molar-refractivity contribution in [3.63, 3.8) is 0 Å². The quantitative estimate of drug-likeness (QED) is 0.710. The molecule has 0 radical (unpaired) electrons. The Morgan fingerprint density at radius 3 is 2.52 bits per heavy atom. The molecule has 6 nitrogen and oxygen atoms in total. The zero-order valence-electron chi connectivity index (χ0n) is 18.3. The van der Waals surface area contributed by atoms with E-state index < -0.39 is 0 Å². The number of carbonyl (C=O) groups is 1. The molecule has 0 bridgehead atoms. The van der Waals surface area contributed by atoms with Gasteiger partial charge in [0.05, 0.1) is 6.17 Å². The van der Waals surface area contributed by atoms with E-state index in [2.05, 4.69) is 45.3 Å². The number of rotatable bonds is 6. The molecule has 1 aliphatic carbocycles. The van der Waals surface area contributed by atoms with Crippen LogP contribution in [0.1, 0.15) is 46.0 Å². The summed E-state index contributed by atoms with van der Waals surface area (Å²) < 4.78 is 0. The first-order chi connectivity index (χ1) is 14.1. The third kappa shape index (κ3) is 5.62. The van der Waals surface area contributed by atoms with Gasteiger partial charge in [-0.15, -0.1) is 0 Å². The average Bonchev–Trinajstić information content (AvgIpc) is 3.59. The van der Waals surface area contributed by atoms with Gasteiger partial charge < -0.3 is 15.5 Å². The Kier molecular flexibility index (Phi) is 6.93. The van der Waals surface area contributed by atoms with Crippen molar-refractivity contribution in [2.24, 2.45) is 5.92 Å². The van der Waals surface area contributed by atoms with Crippen molar-refractivity contribution >= 4 is 5.91 Å². The van der Waals surface area contributed by atoms with Gasteiger partial charge in [-0.2, -0.15) is 0 Å². The van der Waals surface area contributed by atoms with E-state index in [4.69, 9.17) is 0 Å². The monoisotopic (exact) mass is 401 g/mol. The molecule has 29 heavy (non-hydrogen) atoms. The molecule has 4 rings (SSSR count). The van der Waals surface area contributed by atoms with Gasteiger partial charge in [0.15, 0.2) is 0 Å². The van der Waals surface area contributed by atoms with Crippen molar-refractivity contribution in [1.29, 1.82) is 0 Å². The number of nitrogens with one attached hydrogen (secondary N) is 2. The number of allylic oxidation sites excluding steroid dienone is 2. The summed E-state index contributed by atoms with van der Waals surface area (Å²) in [5.41, 5.74) is 0.709. The normalized spacial score (nSPS) is 28.1. The number of carbonyl (C=O) groups excluding carboxylic acids is 1. The fraction of sp³-hybridized carbons (Fsp3) is 0.783. The Hall–Kier alpha value is -1.37. The maximum Gasteiger partial charge on any atom is 0.267 e. The molecule has 3 heterocycles. The van der Waals surface area contributed by atoms with Crippen LogP contribution in [0.3, 0.4) is 0 Å². The summed E-state index contributed by atoms with van der Waals surface area (Å²) in [6.45, 7) is 12.4. The fourth-order valence-electron chi connectivity index (χ4n) is 4.89. The van der Waals surface area contributed by atoms with Crippen LogP contribution in [0.5, 0.6) is 0 Å². The highest BCUT2D eigenvalue weighted by Gasteiger charge is 2.29. The topological polar surface area (TPSA) is 50.9 Å². The SMILES string of the molecule is CC(C)N1CCC(N2CCCN(C3C=CC=C(C(=O)NCC4CC4)N3)CC2)CC1. The first kappa shape index (κ1) is 20.9. The van der Waals surface area contributed by atoms with E-state index in [9.17, 15) is 4.79 Å². The Bertz CT molecular complexity index is 619. The lowest BCUT2D eigenvalue weighted by atomic mass is 10.0. The Balaban J connectivity index is 1.25. The maximum atomic E-state index is 12.5. The van der Waals surface area contributed by atoms with E-state index in [0.29, 0.717) is 17.7 Å². The van der Waals surface area contributed by atoms with Crippen LogP contribution in [0, 0.1) is 5.92 Å². The lowest BCUT2D eigenvalue weighted by molar-refractivity contribution is -0.118. The molecule has 1 amide bonds. The first-order valence-corrected chi connectivity index (χ1v) is 11.8. The second-order valence-electron chi connectivity index (χ2n) is 9.49. The molecule has 4 aliphatic rings. The number of dihydropyridines is 1. The van der Waals surface area contributed by atoms with Crippen LogP contribution in [0.2, 0.25) is 0 Å². The van der Waals surface area contributed by atoms with Gasteiger partial charge in [0.1, 0.15) is 5.70 Å². The van der Waals surface area contributed by atoms with Gasteiger partial charge in [-0.1, -0.05) is 6.08 Å². The van der Waals surface area contributed by atoms with Crippen LogP contribution in [-0.4, -0.2) is 84.7 Å². The maximum absolute atomic E-state index is 12.5. The minimum Gasteiger partial charge on any atom is -0.362 e. The largest absolute Gasteiger partial charge is 0.362 e. The summed E-state index contributed by atoms with van der Waals surface area (Å²) in [5, 5.41) is 6.55. The van der Waals surface area contributed by atoms with E-state index in [1.807, 2.05) is 12.2 Å². The number of hydrogen-bond donors (Lipinski definition) is 2. The highest BCUT2D eigenvalue weighted by Crippen LogP contribution is 2.27. The Morgan fingerprint density at radius 1 is 1.07 bits per heavy atom. The zero-order valence-corrected chi connectivity index (χ0v) is 18.3. The first-order valence-electron chi connectivity index (χ1n) is 11.8. The van der Waals surface area contributed by atoms with Crippen LogP contribution in [0.4, 0.5) is 0 Å². The van der Waals surface area contributed by atoms with Crippen molar-refractivity contribution in [3.05, 3.63) is 23.9 Å². The molecule has 0 aromatic heterocycles. The lowest BCUT2D eigenvalue weighted by Gasteiger charge is -2.39. The van der Waals surface area contributed by atoms with Gasteiger partial charge in [0.2, 0.25) is 0 Å². The van der Waals surface area contributed by atoms with Crippen molar-refractivity contribution in [3.8, 4) is 0 Å². The number of piperidine rings is 1. The zero-order chi connectivity index (χ0) is 20.2. The summed E-state index contributed by atoms with van der Waals surface area (Å²) >= 11 is 0. The molecule has 2 saturated heterocycles. The molecule has 0 spiro atoms. The van der Waals surface area contributed by atoms with E-state index in [1.54, 1.807) is 0 Å². The lowest BCUT2D eigenvalue weighted by Crippen LogP contribution is -2.50. The van der Waals surface area contributed by atoms with E-state index in [0.717, 1.165) is 32.2 Å². The highest BCUT2D eigenvalue weighted by molar-refractivity contribution is 5.93. The average molecular weight is 402 g/mol. The Morgan fingerprint density at radius 2 is 1.79 bits per heavy atom. The van der Waals surface area contributed by atoms with Crippen molar-refractivity contribution < 1.29 is 4.79 Å². The van der Waals surface area contributed by atoms with Gasteiger partial charge in [-0.25, -0.2) is 0 Å². The number of hydrogen-bond acceptors (Lipinski definition) is 5. The molecule has 3 fully saturated rings. The summed E-state index contributed by atoms with van der Waals surface area (Å²) in [6.07, 6.45) is 12.6. The van der Waals surface area contributed by atoms with E-state index >= 15 is 0 Å². The van der Waals surface area contributed by atoms with Gasteiger partial charge >= 0.3 is 0 Å². The molecular weight excluding hydrogens is 362 g/mol.